The summed E-state index contributed by atoms with van der Waals surface area (Å²) in [5, 5.41) is 0. The molecule has 0 aliphatic heterocycles. The summed E-state index contributed by atoms with van der Waals surface area (Å²) in [6.07, 6.45) is 0.986. The number of hydrogen-bond donors (Lipinski definition) is 0. The quantitative estimate of drug-likeness (QED) is 0.402. The highest BCUT2D eigenvalue weighted by Crippen LogP contribution is 2.18. The predicted molar refractivity (Wildman–Crippen MR) is 90.2 cm³/mol. The summed E-state index contributed by atoms with van der Waals surface area (Å²) in [6, 6.07) is 0.846. The van der Waals surface area contributed by atoms with Crippen molar-refractivity contribution in [2.24, 2.45) is 0 Å². The van der Waals surface area contributed by atoms with Crippen molar-refractivity contribution >= 4 is 8.80 Å². The minimum atomic E-state index is -2.51. The van der Waals surface area contributed by atoms with Gasteiger partial charge in [0.25, 0.3) is 0 Å². The molecule has 0 fully saturated rings. The molecule has 0 spiro atoms. The summed E-state index contributed by atoms with van der Waals surface area (Å²) in [4.78, 5) is 2.34. The van der Waals surface area contributed by atoms with Crippen LogP contribution in [0.15, 0.2) is 0 Å². The zero-order valence-corrected chi connectivity index (χ0v) is 16.1. The first-order chi connectivity index (χ1) is 10.7. The Morgan fingerprint density at radius 3 is 1.55 bits per heavy atom. The van der Waals surface area contributed by atoms with Crippen LogP contribution in [0, 0.1) is 0 Å². The highest BCUT2D eigenvalue weighted by atomic mass is 28.4. The first-order valence-electron chi connectivity index (χ1n) is 8.30. The van der Waals surface area contributed by atoms with Crippen molar-refractivity contribution < 1.29 is 22.8 Å². The van der Waals surface area contributed by atoms with Crippen molar-refractivity contribution in [3.05, 3.63) is 0 Å². The molecular formula is C15H35NO5Si. The molecule has 0 amide bonds. The van der Waals surface area contributed by atoms with Crippen molar-refractivity contribution in [2.75, 3.05) is 66.9 Å². The molecule has 134 valence electrons. The third kappa shape index (κ3) is 9.89. The molecule has 22 heavy (non-hydrogen) atoms. The summed E-state index contributed by atoms with van der Waals surface area (Å²) in [5.74, 6) is 0. The molecule has 0 aliphatic carbocycles. The van der Waals surface area contributed by atoms with E-state index in [0.717, 1.165) is 45.3 Å². The largest absolute Gasteiger partial charge is 0.500 e. The Hall–Kier alpha value is -0.0231. The van der Waals surface area contributed by atoms with E-state index < -0.39 is 8.80 Å². The van der Waals surface area contributed by atoms with Crippen LogP contribution in [-0.2, 0) is 22.8 Å². The fourth-order valence-electron chi connectivity index (χ4n) is 2.30. The zero-order chi connectivity index (χ0) is 16.7. The van der Waals surface area contributed by atoms with E-state index in [4.69, 9.17) is 22.8 Å². The number of ether oxygens (including phenoxy) is 2. The summed E-state index contributed by atoms with van der Waals surface area (Å²) in [6.45, 7) is 12.1. The van der Waals surface area contributed by atoms with Crippen LogP contribution in [0.4, 0.5) is 0 Å². The maximum atomic E-state index is 5.88. The van der Waals surface area contributed by atoms with Crippen molar-refractivity contribution in [3.8, 4) is 0 Å². The van der Waals surface area contributed by atoms with E-state index in [1.165, 1.54) is 0 Å². The van der Waals surface area contributed by atoms with Crippen LogP contribution in [0.3, 0.4) is 0 Å². The highest BCUT2D eigenvalue weighted by molar-refractivity contribution is 6.60. The molecule has 0 aromatic heterocycles. The van der Waals surface area contributed by atoms with Gasteiger partial charge in [0, 0.05) is 53.2 Å². The lowest BCUT2D eigenvalue weighted by molar-refractivity contribution is 0.0686. The van der Waals surface area contributed by atoms with Crippen molar-refractivity contribution in [3.63, 3.8) is 0 Å². The Kier molecular flexibility index (Phi) is 14.5. The van der Waals surface area contributed by atoms with Crippen LogP contribution < -0.4 is 0 Å². The van der Waals surface area contributed by atoms with Crippen LogP contribution in [0.2, 0.25) is 6.04 Å². The summed E-state index contributed by atoms with van der Waals surface area (Å²) in [5.41, 5.74) is 0. The van der Waals surface area contributed by atoms with Gasteiger partial charge in [-0.25, -0.2) is 0 Å². The SMILES string of the molecule is CCO[Si](CCCN(CCOC)CCOC)(OCC)OCC. The summed E-state index contributed by atoms with van der Waals surface area (Å²) < 4.78 is 28.0. The van der Waals surface area contributed by atoms with Crippen molar-refractivity contribution in [1.29, 1.82) is 0 Å². The van der Waals surface area contributed by atoms with Crippen LogP contribution in [0.5, 0.6) is 0 Å². The molecule has 0 aromatic carbocycles. The first kappa shape index (κ1) is 22.0. The fourth-order valence-corrected chi connectivity index (χ4v) is 4.89. The van der Waals surface area contributed by atoms with E-state index in [9.17, 15) is 0 Å². The monoisotopic (exact) mass is 337 g/mol. The molecule has 0 heterocycles. The molecule has 7 heteroatoms. The van der Waals surface area contributed by atoms with Crippen molar-refractivity contribution in [2.45, 2.75) is 33.2 Å². The second-order valence-electron chi connectivity index (χ2n) is 4.91. The summed E-state index contributed by atoms with van der Waals surface area (Å²) >= 11 is 0. The van der Waals surface area contributed by atoms with E-state index in [2.05, 4.69) is 4.90 Å². The maximum Gasteiger partial charge on any atom is 0.500 e. The number of nitrogens with zero attached hydrogens (tertiary/aromatic N) is 1. The van der Waals surface area contributed by atoms with E-state index >= 15 is 0 Å². The zero-order valence-electron chi connectivity index (χ0n) is 15.1. The predicted octanol–water partition coefficient (Wildman–Crippen LogP) is 2.02. The van der Waals surface area contributed by atoms with Gasteiger partial charge in [-0.15, -0.1) is 0 Å². The minimum absolute atomic E-state index is 0.628. The van der Waals surface area contributed by atoms with Gasteiger partial charge in [-0.05, 0) is 33.7 Å². The van der Waals surface area contributed by atoms with Crippen LogP contribution in [0.25, 0.3) is 0 Å². The standard InChI is InChI=1S/C15H35NO5Si/c1-6-19-22(20-7-2,21-8-3)15-9-10-16(11-13-17-4)12-14-18-5/h6-15H2,1-5H3. The first-order valence-corrected chi connectivity index (χ1v) is 10.2. The topological polar surface area (TPSA) is 49.4 Å². The van der Waals surface area contributed by atoms with E-state index in [1.807, 2.05) is 20.8 Å². The normalized spacial score (nSPS) is 12.3. The van der Waals surface area contributed by atoms with Gasteiger partial charge >= 0.3 is 8.80 Å². The third-order valence-electron chi connectivity index (χ3n) is 3.27. The van der Waals surface area contributed by atoms with Crippen LogP contribution >= 0.6 is 0 Å². The third-order valence-corrected chi connectivity index (χ3v) is 6.42. The van der Waals surface area contributed by atoms with E-state index in [1.54, 1.807) is 14.2 Å². The molecule has 0 aliphatic rings. The average molecular weight is 338 g/mol. The van der Waals surface area contributed by atoms with Gasteiger partial charge in [-0.3, -0.25) is 4.90 Å². The molecule has 0 bridgehead atoms. The molecule has 0 N–H and O–H groups in total. The second-order valence-corrected chi connectivity index (χ2v) is 7.64. The van der Waals surface area contributed by atoms with Gasteiger partial charge in [-0.1, -0.05) is 0 Å². The molecule has 0 saturated heterocycles. The van der Waals surface area contributed by atoms with Gasteiger partial charge in [0.1, 0.15) is 0 Å². The Bertz CT molecular complexity index is 221. The Morgan fingerprint density at radius 2 is 1.18 bits per heavy atom. The van der Waals surface area contributed by atoms with Gasteiger partial charge in [-0.2, -0.15) is 0 Å². The lowest BCUT2D eigenvalue weighted by Gasteiger charge is -2.29. The van der Waals surface area contributed by atoms with E-state index in [0.29, 0.717) is 19.8 Å². The van der Waals surface area contributed by atoms with Gasteiger partial charge < -0.3 is 22.8 Å². The van der Waals surface area contributed by atoms with Gasteiger partial charge in [0.05, 0.1) is 13.2 Å². The number of rotatable bonds is 16. The average Bonchev–Trinajstić information content (AvgIpc) is 2.50. The molecule has 6 nitrogen and oxygen atoms in total. The lowest BCUT2D eigenvalue weighted by Crippen LogP contribution is -2.46. The molecule has 0 unspecified atom stereocenters. The molecule has 0 radical (unpaired) electrons. The van der Waals surface area contributed by atoms with Crippen LogP contribution in [0.1, 0.15) is 27.2 Å². The Morgan fingerprint density at radius 1 is 0.727 bits per heavy atom. The van der Waals surface area contributed by atoms with E-state index in [-0.39, 0.29) is 0 Å². The molecule has 0 saturated carbocycles. The minimum Gasteiger partial charge on any atom is -0.383 e. The smallest absolute Gasteiger partial charge is 0.383 e. The number of hydrogen-bond acceptors (Lipinski definition) is 6. The molecular weight excluding hydrogens is 302 g/mol. The lowest BCUT2D eigenvalue weighted by atomic mass is 10.4. The molecule has 0 rings (SSSR count). The fraction of sp³-hybridized carbons (Fsp3) is 1.00. The maximum absolute atomic E-state index is 5.88. The van der Waals surface area contributed by atoms with Gasteiger partial charge in [0.15, 0.2) is 0 Å². The van der Waals surface area contributed by atoms with Crippen molar-refractivity contribution in [1.82, 2.24) is 4.90 Å². The number of methoxy groups -OCH3 is 2. The summed E-state index contributed by atoms with van der Waals surface area (Å²) in [7, 11) is 0.942. The molecule has 0 atom stereocenters. The second kappa shape index (κ2) is 14.6. The van der Waals surface area contributed by atoms with Crippen LogP contribution in [-0.4, -0.2) is 80.6 Å². The Balaban J connectivity index is 4.39. The Labute approximate surface area is 137 Å². The molecule has 0 aromatic rings. The highest BCUT2D eigenvalue weighted by Gasteiger charge is 2.39. The van der Waals surface area contributed by atoms with Gasteiger partial charge in [0.2, 0.25) is 0 Å².